The number of halogens is 1. The highest BCUT2D eigenvalue weighted by Crippen LogP contribution is 2.26. The Balaban J connectivity index is 1.58. The largest absolute Gasteiger partial charge is 0.378 e. The lowest BCUT2D eigenvalue weighted by molar-refractivity contribution is -0.115. The number of carbonyl (C=O) groups excluding carboxylic acids is 2. The molecule has 1 saturated heterocycles. The van der Waals surface area contributed by atoms with E-state index in [1.165, 1.54) is 24.3 Å². The molecule has 1 aliphatic heterocycles. The van der Waals surface area contributed by atoms with E-state index in [0.717, 1.165) is 18.8 Å². The third kappa shape index (κ3) is 4.58. The number of hydrogen-bond acceptors (Lipinski definition) is 4. The topological polar surface area (TPSA) is 70.7 Å². The lowest BCUT2D eigenvalue weighted by atomic mass is 10.2. The van der Waals surface area contributed by atoms with Gasteiger partial charge in [0.05, 0.1) is 31.1 Å². The van der Waals surface area contributed by atoms with E-state index < -0.39 is 11.7 Å². The average Bonchev–Trinajstić information content (AvgIpc) is 2.68. The molecule has 6 nitrogen and oxygen atoms in total. The van der Waals surface area contributed by atoms with Crippen molar-refractivity contribution < 1.29 is 18.7 Å². The van der Waals surface area contributed by atoms with Crippen LogP contribution in [0.3, 0.4) is 0 Å². The van der Waals surface area contributed by atoms with E-state index in [9.17, 15) is 14.0 Å². The van der Waals surface area contributed by atoms with Crippen molar-refractivity contribution in [3.8, 4) is 0 Å². The molecular formula is C19H20FN3O3. The second-order valence-corrected chi connectivity index (χ2v) is 5.85. The van der Waals surface area contributed by atoms with Crippen molar-refractivity contribution in [2.45, 2.75) is 0 Å². The van der Waals surface area contributed by atoms with Crippen molar-refractivity contribution in [3.05, 3.63) is 59.9 Å². The molecule has 0 saturated carbocycles. The predicted molar refractivity (Wildman–Crippen MR) is 96.8 cm³/mol. The minimum atomic E-state index is -0.429. The van der Waals surface area contributed by atoms with Crippen LogP contribution in [-0.2, 0) is 9.53 Å². The lowest BCUT2D eigenvalue weighted by Crippen LogP contribution is -2.37. The van der Waals surface area contributed by atoms with Crippen molar-refractivity contribution in [2.75, 3.05) is 43.1 Å². The SMILES string of the molecule is O=C(CNC(=O)c1ccc(F)cc1)Nc1ccccc1N1CCOCC1. The molecule has 2 aromatic carbocycles. The normalized spacial score (nSPS) is 14.0. The zero-order chi connectivity index (χ0) is 18.4. The number of rotatable bonds is 5. The van der Waals surface area contributed by atoms with Crippen LogP contribution in [0, 0.1) is 5.82 Å². The number of ether oxygens (including phenoxy) is 1. The number of benzene rings is 2. The van der Waals surface area contributed by atoms with Gasteiger partial charge >= 0.3 is 0 Å². The maximum absolute atomic E-state index is 12.9. The number of para-hydroxylation sites is 2. The third-order valence-corrected chi connectivity index (χ3v) is 4.05. The molecule has 3 rings (SSSR count). The smallest absolute Gasteiger partial charge is 0.251 e. The first-order valence-corrected chi connectivity index (χ1v) is 8.39. The molecule has 0 bridgehead atoms. The molecule has 0 aliphatic carbocycles. The molecule has 0 aromatic heterocycles. The van der Waals surface area contributed by atoms with Crippen molar-refractivity contribution in [2.24, 2.45) is 0 Å². The first-order valence-electron chi connectivity index (χ1n) is 8.39. The first kappa shape index (κ1) is 17.9. The Morgan fingerprint density at radius 2 is 1.73 bits per heavy atom. The molecule has 2 aromatic rings. The van der Waals surface area contributed by atoms with Crippen molar-refractivity contribution in [1.82, 2.24) is 5.32 Å². The zero-order valence-corrected chi connectivity index (χ0v) is 14.2. The molecule has 2 amide bonds. The quantitative estimate of drug-likeness (QED) is 0.859. The highest BCUT2D eigenvalue weighted by atomic mass is 19.1. The van der Waals surface area contributed by atoms with Gasteiger partial charge in [0.25, 0.3) is 5.91 Å². The minimum absolute atomic E-state index is 0.173. The van der Waals surface area contributed by atoms with Gasteiger partial charge in [-0.25, -0.2) is 4.39 Å². The standard InChI is InChI=1S/C19H20FN3O3/c20-15-7-5-14(6-8-15)19(25)21-13-18(24)22-16-3-1-2-4-17(16)23-9-11-26-12-10-23/h1-8H,9-13H2,(H,21,25)(H,22,24). The Morgan fingerprint density at radius 3 is 2.46 bits per heavy atom. The number of hydrogen-bond donors (Lipinski definition) is 2. The van der Waals surface area contributed by atoms with E-state index in [1.807, 2.05) is 24.3 Å². The van der Waals surface area contributed by atoms with Crippen LogP contribution in [0.4, 0.5) is 15.8 Å². The van der Waals surface area contributed by atoms with Crippen LogP contribution < -0.4 is 15.5 Å². The number of morpholine rings is 1. The van der Waals surface area contributed by atoms with Crippen molar-refractivity contribution in [3.63, 3.8) is 0 Å². The van der Waals surface area contributed by atoms with E-state index >= 15 is 0 Å². The van der Waals surface area contributed by atoms with Gasteiger partial charge in [-0.1, -0.05) is 12.1 Å². The highest BCUT2D eigenvalue weighted by molar-refractivity contribution is 6.00. The molecule has 7 heteroatoms. The van der Waals surface area contributed by atoms with E-state index in [4.69, 9.17) is 4.74 Å². The summed E-state index contributed by atoms with van der Waals surface area (Å²) in [6.07, 6.45) is 0. The van der Waals surface area contributed by atoms with Crippen LogP contribution in [0.25, 0.3) is 0 Å². The summed E-state index contributed by atoms with van der Waals surface area (Å²) in [4.78, 5) is 26.3. The fraction of sp³-hybridized carbons (Fsp3) is 0.263. The van der Waals surface area contributed by atoms with Gasteiger partial charge < -0.3 is 20.3 Å². The van der Waals surface area contributed by atoms with Gasteiger partial charge in [-0.2, -0.15) is 0 Å². The molecule has 1 aliphatic rings. The summed E-state index contributed by atoms with van der Waals surface area (Å²) < 4.78 is 18.2. The fourth-order valence-electron chi connectivity index (χ4n) is 2.72. The van der Waals surface area contributed by atoms with Gasteiger partial charge in [-0.05, 0) is 36.4 Å². The monoisotopic (exact) mass is 357 g/mol. The summed E-state index contributed by atoms with van der Waals surface area (Å²) in [6, 6.07) is 12.7. The minimum Gasteiger partial charge on any atom is -0.378 e. The van der Waals surface area contributed by atoms with Crippen LogP contribution in [-0.4, -0.2) is 44.7 Å². The molecular weight excluding hydrogens is 337 g/mol. The third-order valence-electron chi connectivity index (χ3n) is 4.05. The summed E-state index contributed by atoms with van der Waals surface area (Å²) in [5, 5.41) is 5.36. The van der Waals surface area contributed by atoms with E-state index in [0.29, 0.717) is 24.5 Å². The predicted octanol–water partition coefficient (Wildman–Crippen LogP) is 2.03. The molecule has 26 heavy (non-hydrogen) atoms. The van der Waals surface area contributed by atoms with E-state index in [-0.39, 0.29) is 12.5 Å². The van der Waals surface area contributed by atoms with Crippen molar-refractivity contribution in [1.29, 1.82) is 0 Å². The number of anilines is 2. The second-order valence-electron chi connectivity index (χ2n) is 5.85. The molecule has 0 radical (unpaired) electrons. The molecule has 1 heterocycles. The summed E-state index contributed by atoms with van der Waals surface area (Å²) in [5.74, 6) is -1.18. The first-order chi connectivity index (χ1) is 12.6. The molecule has 2 N–H and O–H groups in total. The van der Waals surface area contributed by atoms with Gasteiger partial charge in [-0.3, -0.25) is 9.59 Å². The fourth-order valence-corrected chi connectivity index (χ4v) is 2.72. The van der Waals surface area contributed by atoms with E-state index in [2.05, 4.69) is 15.5 Å². The number of carbonyl (C=O) groups is 2. The van der Waals surface area contributed by atoms with Crippen LogP contribution in [0.1, 0.15) is 10.4 Å². The van der Waals surface area contributed by atoms with Crippen LogP contribution >= 0.6 is 0 Å². The van der Waals surface area contributed by atoms with Gasteiger partial charge in [0.2, 0.25) is 5.91 Å². The van der Waals surface area contributed by atoms with Gasteiger partial charge in [0.15, 0.2) is 0 Å². The summed E-state index contributed by atoms with van der Waals surface area (Å²) in [5.41, 5.74) is 1.91. The second kappa shape index (κ2) is 8.44. The maximum Gasteiger partial charge on any atom is 0.251 e. The molecule has 1 fully saturated rings. The number of nitrogens with one attached hydrogen (secondary N) is 2. The van der Waals surface area contributed by atoms with Crippen molar-refractivity contribution >= 4 is 23.2 Å². The number of nitrogens with zero attached hydrogens (tertiary/aromatic N) is 1. The van der Waals surface area contributed by atoms with Crippen LogP contribution in [0.5, 0.6) is 0 Å². The summed E-state index contributed by atoms with van der Waals surface area (Å²) >= 11 is 0. The Bertz CT molecular complexity index is 774. The highest BCUT2D eigenvalue weighted by Gasteiger charge is 2.16. The molecule has 0 unspecified atom stereocenters. The Labute approximate surface area is 150 Å². The maximum atomic E-state index is 12.9. The lowest BCUT2D eigenvalue weighted by Gasteiger charge is -2.30. The van der Waals surface area contributed by atoms with Crippen LogP contribution in [0.15, 0.2) is 48.5 Å². The Morgan fingerprint density at radius 1 is 1.04 bits per heavy atom. The Hall–Kier alpha value is -2.93. The number of amides is 2. The summed E-state index contributed by atoms with van der Waals surface area (Å²) in [7, 11) is 0. The van der Waals surface area contributed by atoms with Gasteiger partial charge in [0.1, 0.15) is 5.82 Å². The molecule has 0 atom stereocenters. The van der Waals surface area contributed by atoms with Crippen LogP contribution in [0.2, 0.25) is 0 Å². The van der Waals surface area contributed by atoms with E-state index in [1.54, 1.807) is 0 Å². The zero-order valence-electron chi connectivity index (χ0n) is 14.2. The molecule has 136 valence electrons. The average molecular weight is 357 g/mol. The van der Waals surface area contributed by atoms with Gasteiger partial charge in [0, 0.05) is 18.7 Å². The molecule has 0 spiro atoms. The Kier molecular flexibility index (Phi) is 5.80. The summed E-state index contributed by atoms with van der Waals surface area (Å²) in [6.45, 7) is 2.64. The van der Waals surface area contributed by atoms with Gasteiger partial charge in [-0.15, -0.1) is 0 Å².